The van der Waals surface area contributed by atoms with Crippen molar-refractivity contribution in [2.45, 2.75) is 31.1 Å². The van der Waals surface area contributed by atoms with Gasteiger partial charge in [-0.15, -0.1) is 34.4 Å². The van der Waals surface area contributed by atoms with E-state index in [0.717, 1.165) is 34.7 Å². The number of aliphatic carboxylic acids is 1. The summed E-state index contributed by atoms with van der Waals surface area (Å²) in [4.78, 5) is 52.3. The fourth-order valence-electron chi connectivity index (χ4n) is 4.09. The minimum absolute atomic E-state index is 0.108. The van der Waals surface area contributed by atoms with Crippen molar-refractivity contribution in [3.63, 3.8) is 0 Å². The van der Waals surface area contributed by atoms with Gasteiger partial charge in [0.25, 0.3) is 11.8 Å². The highest BCUT2D eigenvalue weighted by Gasteiger charge is 2.52. The number of carbonyl (C=O) groups is 3. The summed E-state index contributed by atoms with van der Waals surface area (Å²) < 4.78 is 14.7. The molecule has 3 N–H and O–H groups in total. The van der Waals surface area contributed by atoms with Crippen LogP contribution < -0.4 is 16.2 Å². The first-order chi connectivity index (χ1) is 19.0. The van der Waals surface area contributed by atoms with Gasteiger partial charge in [0.2, 0.25) is 0 Å². The lowest BCUT2D eigenvalue weighted by Gasteiger charge is -2.50. The third-order valence-electron chi connectivity index (χ3n) is 6.15. The zero-order valence-electron chi connectivity index (χ0n) is 21.9. The highest BCUT2D eigenvalue weighted by Crippen LogP contribution is 2.40. The predicted octanol–water partition coefficient (Wildman–Crippen LogP) is 0.740. The number of carboxylic acid groups (broad SMARTS) is 1. The number of alkyl halides is 1. The van der Waals surface area contributed by atoms with Gasteiger partial charge in [0.1, 0.15) is 24.2 Å². The number of anilines is 1. The molecule has 1 unspecified atom stereocenters. The Hall–Kier alpha value is -3.34. The van der Waals surface area contributed by atoms with Gasteiger partial charge in [-0.05, 0) is 18.6 Å². The largest absolute Gasteiger partial charge is 0.543 e. The number of nitrogen functional groups attached to an aromatic ring is 1. The van der Waals surface area contributed by atoms with Crippen LogP contribution >= 0.6 is 34.4 Å². The van der Waals surface area contributed by atoms with E-state index in [0.29, 0.717) is 22.4 Å². The second-order valence-electron chi connectivity index (χ2n) is 9.71. The van der Waals surface area contributed by atoms with E-state index < -0.39 is 42.0 Å². The first-order valence-corrected chi connectivity index (χ1v) is 14.8. The Bertz CT molecular complexity index is 1370. The van der Waals surface area contributed by atoms with Crippen molar-refractivity contribution in [1.82, 2.24) is 20.2 Å². The summed E-state index contributed by atoms with van der Waals surface area (Å²) in [5.74, 6) is -2.47. The molecule has 2 amide bonds. The van der Waals surface area contributed by atoms with Crippen molar-refractivity contribution in [2.75, 3.05) is 38.7 Å². The number of thioether (sulfide) groups is 1. The fraction of sp³-hybridized carbons (Fsp3) is 0.417. The number of β-lactam (4-membered cyclic amide) rings is 1. The summed E-state index contributed by atoms with van der Waals surface area (Å²) in [5.41, 5.74) is 8.65. The van der Waals surface area contributed by atoms with Crippen LogP contribution in [0.5, 0.6) is 0 Å². The number of allylic oxidation sites excluding steroid dienone is 1. The number of aryl methyl sites for hydroxylation is 1. The molecule has 16 heteroatoms. The summed E-state index contributed by atoms with van der Waals surface area (Å²) in [7, 11) is 4.13. The van der Waals surface area contributed by atoms with Crippen molar-refractivity contribution in [3.05, 3.63) is 50.6 Å². The molecule has 2 aliphatic rings. The van der Waals surface area contributed by atoms with Crippen LogP contribution in [0.2, 0.25) is 0 Å². The van der Waals surface area contributed by atoms with E-state index >= 15 is 0 Å². The molecule has 0 aliphatic carbocycles. The fourth-order valence-corrected chi connectivity index (χ4v) is 6.99. The molecule has 4 rings (SSSR count). The number of halogens is 1. The maximum Gasteiger partial charge on any atom is 0.266 e. The summed E-state index contributed by atoms with van der Waals surface area (Å²) in [6.07, 6.45) is 2.82. The van der Waals surface area contributed by atoms with Gasteiger partial charge in [0, 0.05) is 11.1 Å². The van der Waals surface area contributed by atoms with Crippen LogP contribution in [-0.4, -0.2) is 87.8 Å². The number of fused-ring (bicyclic) bond motifs is 1. The molecule has 2 aromatic heterocycles. The van der Waals surface area contributed by atoms with Crippen molar-refractivity contribution in [3.8, 4) is 0 Å². The number of likely N-dealkylation sites (N-methyl/N-ethyl adjacent to an activating group) is 1. The van der Waals surface area contributed by atoms with E-state index in [1.165, 1.54) is 22.0 Å². The Morgan fingerprint density at radius 3 is 2.85 bits per heavy atom. The van der Waals surface area contributed by atoms with Gasteiger partial charge in [-0.3, -0.25) is 14.5 Å². The molecule has 40 heavy (non-hydrogen) atoms. The van der Waals surface area contributed by atoms with Gasteiger partial charge < -0.3 is 30.3 Å². The molecule has 0 aromatic carbocycles. The molecule has 1 fully saturated rings. The number of nitrogens with one attached hydrogen (secondary N) is 1. The van der Waals surface area contributed by atoms with E-state index in [1.807, 2.05) is 18.5 Å². The van der Waals surface area contributed by atoms with E-state index in [2.05, 4.69) is 34.5 Å². The van der Waals surface area contributed by atoms with E-state index in [-0.39, 0.29) is 16.5 Å². The molecule has 2 aliphatic heterocycles. The van der Waals surface area contributed by atoms with E-state index in [1.54, 1.807) is 17.4 Å². The number of nitrogens with two attached hydrogens (primary N) is 1. The third kappa shape index (κ3) is 6.86. The Morgan fingerprint density at radius 2 is 2.20 bits per heavy atom. The number of hydrogen-bond acceptors (Lipinski definition) is 12. The standard InChI is InChI=1S/C24H28FN7O5S3/c1-13-17(40-12-27-13)8-32(2,3)6-4-5-14-10-38-22-19(21(34)31(22)20(14)23(35)36)30-18(33)7-28-37-9-15(25)16-11-39-24(26)29-16/h4-5,7,11-12,15,19,22H,6,8-10H2,1-3H3,(H3-,26,29,30,33,35,36)/b5-4+,28-7-/t15?,19-,22-/m1/s1. The lowest BCUT2D eigenvalue weighted by molar-refractivity contribution is -0.897. The van der Waals surface area contributed by atoms with Crippen LogP contribution in [0.4, 0.5) is 9.52 Å². The minimum Gasteiger partial charge on any atom is -0.543 e. The monoisotopic (exact) mass is 609 g/mol. The van der Waals surface area contributed by atoms with Gasteiger partial charge in [-0.2, -0.15) is 0 Å². The highest BCUT2D eigenvalue weighted by molar-refractivity contribution is 8.00. The number of thiazole rings is 2. The number of nitrogens with zero attached hydrogens (tertiary/aromatic N) is 5. The van der Waals surface area contributed by atoms with E-state index in [9.17, 15) is 23.9 Å². The molecule has 0 bridgehead atoms. The molecule has 4 heterocycles. The number of carboxylic acids is 1. The molecule has 0 spiro atoms. The third-order valence-corrected chi connectivity index (χ3v) is 9.06. The van der Waals surface area contributed by atoms with E-state index in [4.69, 9.17) is 10.6 Å². The van der Waals surface area contributed by atoms with Crippen LogP contribution in [0, 0.1) is 6.92 Å². The normalized spacial score (nSPS) is 20.1. The van der Waals surface area contributed by atoms with Crippen molar-refractivity contribution in [1.29, 1.82) is 0 Å². The van der Waals surface area contributed by atoms with Crippen LogP contribution in [-0.2, 0) is 25.8 Å². The lowest BCUT2D eigenvalue weighted by atomic mass is 10.0. The van der Waals surface area contributed by atoms with Gasteiger partial charge in [0.05, 0.1) is 54.1 Å². The Kier molecular flexibility index (Phi) is 9.22. The number of aromatic nitrogens is 2. The number of amides is 2. The number of rotatable bonds is 12. The Balaban J connectivity index is 1.31. The minimum atomic E-state index is -1.57. The molecule has 2 aromatic rings. The number of oxime groups is 1. The molecule has 1 saturated heterocycles. The van der Waals surface area contributed by atoms with Crippen molar-refractivity contribution in [2.24, 2.45) is 5.16 Å². The maximum atomic E-state index is 14.0. The Labute approximate surface area is 242 Å². The van der Waals surface area contributed by atoms with Gasteiger partial charge >= 0.3 is 0 Å². The van der Waals surface area contributed by atoms with Gasteiger partial charge in [-0.25, -0.2) is 14.4 Å². The number of quaternary nitrogens is 1. The SMILES string of the molecule is Cc1ncsc1C[N+](C)(C)C/C=C/C1=C(C(=O)[O-])N2C(=O)[C@@H](NC(=O)/C=N\OCC(F)c3csc(N)n3)[C@H]2SC1. The smallest absolute Gasteiger partial charge is 0.266 e. The summed E-state index contributed by atoms with van der Waals surface area (Å²) in [6.45, 7) is 2.90. The van der Waals surface area contributed by atoms with Crippen molar-refractivity contribution >= 4 is 63.6 Å². The van der Waals surface area contributed by atoms with Crippen LogP contribution in [0.15, 0.2) is 39.5 Å². The summed E-state index contributed by atoms with van der Waals surface area (Å²) in [6, 6.07) is -0.950. The number of carbonyl (C=O) groups excluding carboxylic acids is 3. The maximum absolute atomic E-state index is 14.0. The Morgan fingerprint density at radius 1 is 1.43 bits per heavy atom. The molecule has 12 nitrogen and oxygen atoms in total. The second-order valence-corrected chi connectivity index (χ2v) is 12.6. The average molecular weight is 610 g/mol. The van der Waals surface area contributed by atoms with Gasteiger partial charge in [0.15, 0.2) is 17.9 Å². The quantitative estimate of drug-likeness (QED) is 0.153. The lowest BCUT2D eigenvalue weighted by Crippen LogP contribution is -2.71. The molecular formula is C24H28FN7O5S3. The predicted molar refractivity (Wildman–Crippen MR) is 149 cm³/mol. The molecule has 3 atom stereocenters. The van der Waals surface area contributed by atoms with Crippen molar-refractivity contribution < 1.29 is 33.2 Å². The molecule has 0 saturated carbocycles. The first kappa shape index (κ1) is 29.6. The van der Waals surface area contributed by atoms with Crippen LogP contribution in [0.3, 0.4) is 0 Å². The van der Waals surface area contributed by atoms with Crippen LogP contribution in [0.25, 0.3) is 0 Å². The second kappa shape index (κ2) is 12.4. The molecular weight excluding hydrogens is 582 g/mol. The zero-order chi connectivity index (χ0) is 29.0. The first-order valence-electron chi connectivity index (χ1n) is 12.0. The average Bonchev–Trinajstić information content (AvgIpc) is 3.51. The topological polar surface area (TPSA) is 163 Å². The summed E-state index contributed by atoms with van der Waals surface area (Å²) in [5, 5.41) is 19.0. The van der Waals surface area contributed by atoms with Gasteiger partial charge in [-0.1, -0.05) is 11.2 Å². The highest BCUT2D eigenvalue weighted by atomic mass is 32.2. The summed E-state index contributed by atoms with van der Waals surface area (Å²) >= 11 is 4.02. The molecule has 214 valence electrons. The molecule has 0 radical (unpaired) electrons. The zero-order valence-corrected chi connectivity index (χ0v) is 24.4. The number of hydrogen-bond donors (Lipinski definition) is 2. The van der Waals surface area contributed by atoms with Crippen LogP contribution in [0.1, 0.15) is 22.4 Å².